The number of para-hydroxylation sites is 1. The summed E-state index contributed by atoms with van der Waals surface area (Å²) in [7, 11) is 0. The number of nitrogen functional groups attached to an aromatic ring is 1. The Morgan fingerprint density at radius 3 is 2.31 bits per heavy atom. The second-order valence-electron chi connectivity index (χ2n) is 8.68. The maximum absolute atomic E-state index is 13.7. The van der Waals surface area contributed by atoms with E-state index < -0.39 is 0 Å². The van der Waals surface area contributed by atoms with E-state index in [0.717, 1.165) is 5.69 Å². The van der Waals surface area contributed by atoms with Gasteiger partial charge >= 0.3 is 0 Å². The number of aryl methyl sites for hydroxylation is 1. The van der Waals surface area contributed by atoms with Crippen molar-refractivity contribution < 1.29 is 4.39 Å². The summed E-state index contributed by atoms with van der Waals surface area (Å²) < 4.78 is 16.9. The Labute approximate surface area is 232 Å². The summed E-state index contributed by atoms with van der Waals surface area (Å²) >= 11 is 12.9. The van der Waals surface area contributed by atoms with Crippen molar-refractivity contribution in [1.29, 1.82) is 0 Å². The number of nitrogens with two attached hydrogens (primary N) is 1. The van der Waals surface area contributed by atoms with Crippen LogP contribution in [0.2, 0.25) is 10.2 Å². The molecule has 6 rings (SSSR count). The zero-order valence-electron chi connectivity index (χ0n) is 20.4. The number of fused-ring (bicyclic) bond motifs is 1. The van der Waals surface area contributed by atoms with Gasteiger partial charge in [0.25, 0.3) is 0 Å². The van der Waals surface area contributed by atoms with Crippen molar-refractivity contribution in [3.05, 3.63) is 107 Å². The fourth-order valence-electron chi connectivity index (χ4n) is 4.21. The molecule has 0 amide bonds. The van der Waals surface area contributed by atoms with Crippen LogP contribution in [-0.2, 0) is 0 Å². The van der Waals surface area contributed by atoms with E-state index in [1.54, 1.807) is 45.6 Å². The molecule has 0 fully saturated rings. The lowest BCUT2D eigenvalue weighted by atomic mass is 10.1. The molecule has 3 heterocycles. The van der Waals surface area contributed by atoms with Gasteiger partial charge in [0.1, 0.15) is 11.0 Å². The van der Waals surface area contributed by atoms with Crippen molar-refractivity contribution in [2.24, 2.45) is 10.2 Å². The highest BCUT2D eigenvalue weighted by Gasteiger charge is 2.23. The minimum Gasteiger partial charge on any atom is -0.380 e. The third-order valence-corrected chi connectivity index (χ3v) is 6.68. The van der Waals surface area contributed by atoms with E-state index in [9.17, 15) is 4.39 Å². The zero-order chi connectivity index (χ0) is 27.1. The average molecular weight is 557 g/mol. The van der Waals surface area contributed by atoms with Crippen LogP contribution >= 0.6 is 23.2 Å². The van der Waals surface area contributed by atoms with Crippen molar-refractivity contribution in [3.8, 4) is 28.2 Å². The average Bonchev–Trinajstić information content (AvgIpc) is 3.43. The van der Waals surface area contributed by atoms with Crippen molar-refractivity contribution in [2.45, 2.75) is 6.92 Å². The molecule has 11 heteroatoms. The first kappa shape index (κ1) is 24.7. The predicted octanol–water partition coefficient (Wildman–Crippen LogP) is 8.00. The number of halogens is 3. The van der Waals surface area contributed by atoms with Gasteiger partial charge in [-0.25, -0.2) is 18.6 Å². The molecule has 0 spiro atoms. The normalized spacial score (nSPS) is 11.6. The van der Waals surface area contributed by atoms with E-state index in [1.165, 1.54) is 12.1 Å². The SMILES string of the molecule is Cc1nn(-c2ccccc2)c(Cl)c1-c1cc(-c2ccc(F)cc2)nc2c(N=Nc3ccc(Cl)cc3)c(N)nn12. The minimum absolute atomic E-state index is 0.127. The fourth-order valence-corrected chi connectivity index (χ4v) is 4.71. The Hall–Kier alpha value is -4.60. The summed E-state index contributed by atoms with van der Waals surface area (Å²) in [5, 5.41) is 18.8. The molecule has 3 aromatic heterocycles. The van der Waals surface area contributed by atoms with Crippen molar-refractivity contribution in [1.82, 2.24) is 24.4 Å². The highest BCUT2D eigenvalue weighted by molar-refractivity contribution is 6.32. The highest BCUT2D eigenvalue weighted by atomic mass is 35.5. The minimum atomic E-state index is -0.353. The lowest BCUT2D eigenvalue weighted by molar-refractivity contribution is 0.628. The molecule has 2 N–H and O–H groups in total. The summed E-state index contributed by atoms with van der Waals surface area (Å²) in [5.41, 5.74) is 11.5. The first-order valence-electron chi connectivity index (χ1n) is 11.8. The third kappa shape index (κ3) is 4.62. The molecule has 0 saturated carbocycles. The maximum Gasteiger partial charge on any atom is 0.186 e. The molecule has 0 aliphatic carbocycles. The summed E-state index contributed by atoms with van der Waals surface area (Å²) in [5.74, 6) is -0.226. The van der Waals surface area contributed by atoms with E-state index in [4.69, 9.17) is 33.9 Å². The van der Waals surface area contributed by atoms with Gasteiger partial charge in [-0.15, -0.1) is 10.2 Å². The van der Waals surface area contributed by atoms with Gasteiger partial charge in [-0.2, -0.15) is 10.2 Å². The second-order valence-corrected chi connectivity index (χ2v) is 9.47. The summed E-state index contributed by atoms with van der Waals surface area (Å²) in [6.45, 7) is 1.86. The molecule has 39 heavy (non-hydrogen) atoms. The van der Waals surface area contributed by atoms with Gasteiger partial charge in [0.05, 0.1) is 34.0 Å². The standard InChI is InChI=1S/C28H19Cl2FN8/c1-16-24(26(30)38(36-16)21-5-3-2-4-6-21)23-15-22(17-7-11-19(31)12-8-17)33-28-25(27(32)37-39(23)28)35-34-20-13-9-18(29)10-14-20/h2-15H,1H3,(H2,32,37). The number of aromatic nitrogens is 5. The molecule has 0 unspecified atom stereocenters. The second kappa shape index (κ2) is 9.94. The molecular formula is C28H19Cl2FN8. The number of hydrogen-bond donors (Lipinski definition) is 1. The van der Waals surface area contributed by atoms with Gasteiger partial charge in [-0.3, -0.25) is 0 Å². The van der Waals surface area contributed by atoms with E-state index in [2.05, 4.69) is 20.4 Å². The molecule has 3 aromatic carbocycles. The predicted molar refractivity (Wildman–Crippen MR) is 151 cm³/mol. The van der Waals surface area contributed by atoms with Crippen LogP contribution in [-0.4, -0.2) is 24.4 Å². The van der Waals surface area contributed by atoms with Crippen LogP contribution in [0.15, 0.2) is 95.2 Å². The van der Waals surface area contributed by atoms with E-state index >= 15 is 0 Å². The van der Waals surface area contributed by atoms with Crippen molar-refractivity contribution >= 4 is 46.0 Å². The van der Waals surface area contributed by atoms with Crippen molar-refractivity contribution in [2.75, 3.05) is 5.73 Å². The monoisotopic (exact) mass is 556 g/mol. The van der Waals surface area contributed by atoms with Gasteiger partial charge in [0, 0.05) is 10.6 Å². The number of anilines is 1. The number of hydrogen-bond acceptors (Lipinski definition) is 6. The van der Waals surface area contributed by atoms with Gasteiger partial charge in [-0.1, -0.05) is 41.4 Å². The van der Waals surface area contributed by atoms with Crippen LogP contribution in [0.4, 0.5) is 21.6 Å². The topological polar surface area (TPSA) is 98.8 Å². The van der Waals surface area contributed by atoms with Gasteiger partial charge < -0.3 is 5.73 Å². The molecule has 6 aromatic rings. The maximum atomic E-state index is 13.7. The smallest absolute Gasteiger partial charge is 0.186 e. The number of rotatable bonds is 5. The van der Waals surface area contributed by atoms with Gasteiger partial charge in [-0.05, 0) is 73.7 Å². The molecule has 0 aliphatic heterocycles. The summed E-state index contributed by atoms with van der Waals surface area (Å²) in [4.78, 5) is 4.79. The van der Waals surface area contributed by atoms with E-state index in [0.29, 0.717) is 49.7 Å². The Morgan fingerprint density at radius 2 is 1.59 bits per heavy atom. The van der Waals surface area contributed by atoms with Gasteiger partial charge in [0.2, 0.25) is 0 Å². The number of nitrogens with zero attached hydrogens (tertiary/aromatic N) is 7. The zero-order valence-corrected chi connectivity index (χ0v) is 21.9. The number of benzene rings is 3. The van der Waals surface area contributed by atoms with Crippen LogP contribution in [0.25, 0.3) is 33.8 Å². The van der Waals surface area contributed by atoms with Crippen LogP contribution in [0.5, 0.6) is 0 Å². The largest absolute Gasteiger partial charge is 0.380 e. The molecule has 0 atom stereocenters. The lowest BCUT2D eigenvalue weighted by Crippen LogP contribution is -2.00. The summed E-state index contributed by atoms with van der Waals surface area (Å²) in [6.07, 6.45) is 0. The Morgan fingerprint density at radius 1 is 0.872 bits per heavy atom. The molecule has 192 valence electrons. The van der Waals surface area contributed by atoms with Crippen LogP contribution in [0.1, 0.15) is 5.69 Å². The van der Waals surface area contributed by atoms with Crippen LogP contribution in [0, 0.1) is 12.7 Å². The molecule has 8 nitrogen and oxygen atoms in total. The molecule has 0 bridgehead atoms. The molecule has 0 radical (unpaired) electrons. The quantitative estimate of drug-likeness (QED) is 0.217. The Bertz CT molecular complexity index is 1840. The fraction of sp³-hybridized carbons (Fsp3) is 0.0357. The van der Waals surface area contributed by atoms with Gasteiger partial charge in [0.15, 0.2) is 17.2 Å². The van der Waals surface area contributed by atoms with Crippen LogP contribution < -0.4 is 5.73 Å². The van der Waals surface area contributed by atoms with Crippen LogP contribution in [0.3, 0.4) is 0 Å². The lowest BCUT2D eigenvalue weighted by Gasteiger charge is -2.09. The first-order valence-corrected chi connectivity index (χ1v) is 12.6. The third-order valence-electron chi connectivity index (χ3n) is 6.08. The van der Waals surface area contributed by atoms with Crippen molar-refractivity contribution in [3.63, 3.8) is 0 Å². The van der Waals surface area contributed by atoms with E-state index in [1.807, 2.05) is 43.3 Å². The molecule has 0 saturated heterocycles. The highest BCUT2D eigenvalue weighted by Crippen LogP contribution is 2.38. The molecule has 0 aliphatic rings. The number of azo groups is 1. The first-order chi connectivity index (χ1) is 18.9. The van der Waals surface area contributed by atoms with E-state index in [-0.39, 0.29) is 17.3 Å². The molecular weight excluding hydrogens is 538 g/mol. The Kier molecular flexibility index (Phi) is 6.30. The Balaban J connectivity index is 1.59. The summed E-state index contributed by atoms with van der Waals surface area (Å²) in [6, 6.07) is 24.3.